The van der Waals surface area contributed by atoms with Crippen molar-refractivity contribution in [3.8, 4) is 0 Å². The van der Waals surface area contributed by atoms with Gasteiger partial charge in [-0.25, -0.2) is 0 Å². The molecule has 0 aromatic carbocycles. The van der Waals surface area contributed by atoms with Crippen molar-refractivity contribution >= 4 is 11.9 Å². The molecule has 1 N–H and O–H groups in total. The molecule has 0 radical (unpaired) electrons. The summed E-state index contributed by atoms with van der Waals surface area (Å²) in [5.41, 5.74) is -1.55. The van der Waals surface area contributed by atoms with Crippen LogP contribution in [0.25, 0.3) is 0 Å². The first kappa shape index (κ1) is 12.0. The molecule has 1 aliphatic rings. The molecule has 0 unspecified atom stereocenters. The number of hydrogen-bond acceptors (Lipinski definition) is 3. The van der Waals surface area contributed by atoms with E-state index in [1.54, 1.807) is 27.7 Å². The maximum Gasteiger partial charge on any atom is 0.321 e. The summed E-state index contributed by atoms with van der Waals surface area (Å²) in [6.07, 6.45) is 1.38. The lowest BCUT2D eigenvalue weighted by molar-refractivity contribution is -0.171. The van der Waals surface area contributed by atoms with Gasteiger partial charge in [-0.2, -0.15) is 0 Å². The van der Waals surface area contributed by atoms with Gasteiger partial charge in [0.05, 0.1) is 0 Å². The van der Waals surface area contributed by atoms with Crippen LogP contribution < -0.4 is 5.32 Å². The Morgan fingerprint density at radius 2 is 2.07 bits per heavy atom. The van der Waals surface area contributed by atoms with Crippen molar-refractivity contribution in [1.29, 1.82) is 0 Å². The summed E-state index contributed by atoms with van der Waals surface area (Å²) in [5, 5.41) is 2.70. The third-order valence-corrected chi connectivity index (χ3v) is 2.49. The van der Waals surface area contributed by atoms with Crippen molar-refractivity contribution in [1.82, 2.24) is 5.32 Å². The van der Waals surface area contributed by atoms with Crippen molar-refractivity contribution in [2.75, 3.05) is 6.54 Å². The van der Waals surface area contributed by atoms with E-state index in [-0.39, 0.29) is 5.91 Å². The highest BCUT2D eigenvalue weighted by atomic mass is 16.6. The van der Waals surface area contributed by atoms with Gasteiger partial charge >= 0.3 is 5.97 Å². The highest BCUT2D eigenvalue weighted by molar-refractivity contribution is 6.02. The van der Waals surface area contributed by atoms with E-state index in [0.717, 1.165) is 6.42 Å². The molecule has 0 saturated carbocycles. The molecule has 86 valence electrons. The maximum absolute atomic E-state index is 11.9. The Labute approximate surface area is 90.4 Å². The van der Waals surface area contributed by atoms with E-state index < -0.39 is 17.0 Å². The van der Waals surface area contributed by atoms with Gasteiger partial charge < -0.3 is 10.1 Å². The van der Waals surface area contributed by atoms with Crippen molar-refractivity contribution in [2.45, 2.75) is 46.1 Å². The smallest absolute Gasteiger partial charge is 0.321 e. The molecule has 1 saturated heterocycles. The fourth-order valence-electron chi connectivity index (χ4n) is 1.54. The van der Waals surface area contributed by atoms with E-state index in [2.05, 4.69) is 5.32 Å². The van der Waals surface area contributed by atoms with E-state index in [4.69, 9.17) is 4.74 Å². The van der Waals surface area contributed by atoms with Crippen LogP contribution in [-0.2, 0) is 14.3 Å². The SMILES string of the molecule is CC(C)(C)OC(=O)[C@@]1(C)CCCNC1=O. The van der Waals surface area contributed by atoms with Gasteiger partial charge in [-0.1, -0.05) is 0 Å². The average molecular weight is 213 g/mol. The summed E-state index contributed by atoms with van der Waals surface area (Å²) in [6, 6.07) is 0. The largest absolute Gasteiger partial charge is 0.459 e. The highest BCUT2D eigenvalue weighted by Crippen LogP contribution is 2.30. The number of hydrogen-bond donors (Lipinski definition) is 1. The second-order valence-corrected chi connectivity index (χ2v) is 5.19. The van der Waals surface area contributed by atoms with Crippen LogP contribution in [0.1, 0.15) is 40.5 Å². The van der Waals surface area contributed by atoms with Crippen molar-refractivity contribution in [3.05, 3.63) is 0 Å². The molecule has 4 nitrogen and oxygen atoms in total. The standard InChI is InChI=1S/C11H19NO3/c1-10(2,3)15-9(14)11(4)6-5-7-12-8(11)13/h5-7H2,1-4H3,(H,12,13)/t11-/m0/s1. The van der Waals surface area contributed by atoms with Gasteiger partial charge in [0.15, 0.2) is 0 Å². The molecule has 4 heteroatoms. The number of ether oxygens (including phenoxy) is 1. The number of nitrogens with one attached hydrogen (secondary N) is 1. The number of carbonyl (C=O) groups is 2. The Morgan fingerprint density at radius 3 is 2.53 bits per heavy atom. The summed E-state index contributed by atoms with van der Waals surface area (Å²) in [7, 11) is 0. The van der Waals surface area contributed by atoms with Gasteiger partial charge in [0, 0.05) is 6.54 Å². The monoisotopic (exact) mass is 213 g/mol. The maximum atomic E-state index is 11.9. The predicted octanol–water partition coefficient (Wildman–Crippen LogP) is 1.24. The van der Waals surface area contributed by atoms with Gasteiger partial charge in [0.25, 0.3) is 0 Å². The van der Waals surface area contributed by atoms with Crippen LogP contribution in [0, 0.1) is 5.41 Å². The fraction of sp³-hybridized carbons (Fsp3) is 0.818. The number of rotatable bonds is 1. The number of carbonyl (C=O) groups excluding carboxylic acids is 2. The summed E-state index contributed by atoms with van der Waals surface area (Å²) >= 11 is 0. The topological polar surface area (TPSA) is 55.4 Å². The zero-order valence-electron chi connectivity index (χ0n) is 9.85. The van der Waals surface area contributed by atoms with Crippen molar-refractivity contribution in [3.63, 3.8) is 0 Å². The minimum Gasteiger partial charge on any atom is -0.459 e. The number of esters is 1. The van der Waals surface area contributed by atoms with Crippen LogP contribution in [0.15, 0.2) is 0 Å². The lowest BCUT2D eigenvalue weighted by atomic mass is 9.82. The molecule has 1 heterocycles. The molecule has 0 spiro atoms. The third kappa shape index (κ3) is 2.70. The minimum atomic E-state index is -1.01. The molecule has 1 rings (SSSR count). The Hall–Kier alpha value is -1.06. The summed E-state index contributed by atoms with van der Waals surface area (Å²) in [5.74, 6) is -0.643. The molecule has 0 aromatic heterocycles. The quantitative estimate of drug-likeness (QED) is 0.526. The Balaban J connectivity index is 2.76. The zero-order chi connectivity index (χ0) is 11.7. The molecular weight excluding hydrogens is 194 g/mol. The Kier molecular flexibility index (Phi) is 3.07. The van der Waals surface area contributed by atoms with Crippen LogP contribution in [0.2, 0.25) is 0 Å². The molecule has 1 atom stereocenters. The third-order valence-electron chi connectivity index (χ3n) is 2.49. The molecular formula is C11H19NO3. The van der Waals surface area contributed by atoms with Crippen molar-refractivity contribution in [2.24, 2.45) is 5.41 Å². The zero-order valence-corrected chi connectivity index (χ0v) is 9.85. The van der Waals surface area contributed by atoms with Gasteiger partial charge in [-0.15, -0.1) is 0 Å². The summed E-state index contributed by atoms with van der Waals surface area (Å²) in [4.78, 5) is 23.5. The van der Waals surface area contributed by atoms with Crippen LogP contribution in [0.4, 0.5) is 0 Å². The summed E-state index contributed by atoms with van der Waals surface area (Å²) < 4.78 is 5.25. The Bertz CT molecular complexity index is 280. The second-order valence-electron chi connectivity index (χ2n) is 5.19. The lowest BCUT2D eigenvalue weighted by Crippen LogP contribution is -2.50. The van der Waals surface area contributed by atoms with E-state index in [1.807, 2.05) is 0 Å². The highest BCUT2D eigenvalue weighted by Gasteiger charge is 2.45. The fourth-order valence-corrected chi connectivity index (χ4v) is 1.54. The molecule has 1 aliphatic heterocycles. The molecule has 0 bridgehead atoms. The molecule has 0 aliphatic carbocycles. The average Bonchev–Trinajstić information content (AvgIpc) is 2.07. The first-order chi connectivity index (χ1) is 6.76. The predicted molar refractivity (Wildman–Crippen MR) is 56.2 cm³/mol. The van der Waals surface area contributed by atoms with Gasteiger partial charge in [-0.3, -0.25) is 9.59 Å². The van der Waals surface area contributed by atoms with E-state index in [1.165, 1.54) is 0 Å². The molecule has 1 amide bonds. The van der Waals surface area contributed by atoms with Crippen LogP contribution in [0.3, 0.4) is 0 Å². The number of amides is 1. The first-order valence-electron chi connectivity index (χ1n) is 5.27. The van der Waals surface area contributed by atoms with E-state index in [9.17, 15) is 9.59 Å². The molecule has 0 aromatic rings. The normalized spacial score (nSPS) is 27.1. The van der Waals surface area contributed by atoms with E-state index in [0.29, 0.717) is 13.0 Å². The van der Waals surface area contributed by atoms with Crippen LogP contribution >= 0.6 is 0 Å². The van der Waals surface area contributed by atoms with Gasteiger partial charge in [0.1, 0.15) is 11.0 Å². The first-order valence-corrected chi connectivity index (χ1v) is 5.27. The lowest BCUT2D eigenvalue weighted by Gasteiger charge is -2.33. The number of piperidine rings is 1. The van der Waals surface area contributed by atoms with Crippen LogP contribution in [0.5, 0.6) is 0 Å². The van der Waals surface area contributed by atoms with Crippen LogP contribution in [-0.4, -0.2) is 24.0 Å². The van der Waals surface area contributed by atoms with E-state index >= 15 is 0 Å². The second kappa shape index (κ2) is 3.83. The van der Waals surface area contributed by atoms with Gasteiger partial charge in [0.2, 0.25) is 5.91 Å². The molecule has 15 heavy (non-hydrogen) atoms. The van der Waals surface area contributed by atoms with Gasteiger partial charge in [-0.05, 0) is 40.5 Å². The minimum absolute atomic E-state index is 0.219. The summed E-state index contributed by atoms with van der Waals surface area (Å²) in [6.45, 7) is 7.70. The molecule has 1 fully saturated rings. The van der Waals surface area contributed by atoms with Crippen molar-refractivity contribution < 1.29 is 14.3 Å². The Morgan fingerprint density at radius 1 is 1.47 bits per heavy atom.